The number of benzene rings is 1. The Morgan fingerprint density at radius 3 is 2.19 bits per heavy atom. The summed E-state index contributed by atoms with van der Waals surface area (Å²) in [5.74, 6) is -0.442. The molecule has 0 amide bonds. The van der Waals surface area contributed by atoms with Gasteiger partial charge < -0.3 is 5.32 Å². The van der Waals surface area contributed by atoms with Crippen molar-refractivity contribution in [1.82, 2.24) is 5.32 Å². The van der Waals surface area contributed by atoms with E-state index in [1.54, 1.807) is 14.0 Å². The highest BCUT2D eigenvalue weighted by Gasteiger charge is 2.38. The molecule has 0 heterocycles. The Bertz CT molecular complexity index is 515. The smallest absolute Gasteiger partial charge is 0.317 e. The molecule has 0 aliphatic carbocycles. The molecule has 1 aromatic rings. The van der Waals surface area contributed by atoms with E-state index in [0.717, 1.165) is 6.07 Å². The van der Waals surface area contributed by atoms with Gasteiger partial charge in [0.25, 0.3) is 5.69 Å². The van der Waals surface area contributed by atoms with E-state index in [0.29, 0.717) is 6.07 Å². The standard InChI is InChI=1S/C14H19F3N2O2/c1-8(2)13(9(3)18-4)11-6-5-10(19(20)21)7-12(11)14(15,16)17/h5-9,13,18H,1-4H3. The van der Waals surface area contributed by atoms with E-state index >= 15 is 0 Å². The maximum Gasteiger partial charge on any atom is 0.416 e. The minimum Gasteiger partial charge on any atom is -0.317 e. The number of nitrogens with zero attached hydrogens (tertiary/aromatic N) is 1. The van der Waals surface area contributed by atoms with Crippen molar-refractivity contribution in [3.63, 3.8) is 0 Å². The fourth-order valence-corrected chi connectivity index (χ4v) is 2.58. The fraction of sp³-hybridized carbons (Fsp3) is 0.571. The van der Waals surface area contributed by atoms with Crippen LogP contribution in [0, 0.1) is 16.0 Å². The molecule has 21 heavy (non-hydrogen) atoms. The maximum absolute atomic E-state index is 13.2. The van der Waals surface area contributed by atoms with E-state index in [2.05, 4.69) is 5.32 Å². The first-order valence-electron chi connectivity index (χ1n) is 6.62. The Hall–Kier alpha value is -1.63. The molecule has 7 heteroatoms. The molecule has 1 N–H and O–H groups in total. The molecule has 0 fully saturated rings. The lowest BCUT2D eigenvalue weighted by molar-refractivity contribution is -0.385. The van der Waals surface area contributed by atoms with Crippen LogP contribution in [0.3, 0.4) is 0 Å². The molecule has 0 spiro atoms. The first kappa shape index (κ1) is 17.4. The largest absolute Gasteiger partial charge is 0.416 e. The van der Waals surface area contributed by atoms with Crippen LogP contribution in [0.1, 0.15) is 37.8 Å². The van der Waals surface area contributed by atoms with Crippen LogP contribution in [0.25, 0.3) is 0 Å². The molecule has 0 aromatic heterocycles. The third kappa shape index (κ3) is 3.93. The number of alkyl halides is 3. The normalized spacial score (nSPS) is 15.0. The Morgan fingerprint density at radius 1 is 1.24 bits per heavy atom. The van der Waals surface area contributed by atoms with Gasteiger partial charge in [0.05, 0.1) is 10.5 Å². The Labute approximate surface area is 121 Å². The number of nitro benzene ring substituents is 1. The van der Waals surface area contributed by atoms with Gasteiger partial charge in [-0.2, -0.15) is 13.2 Å². The van der Waals surface area contributed by atoms with Gasteiger partial charge in [-0.3, -0.25) is 10.1 Å². The van der Waals surface area contributed by atoms with Gasteiger partial charge >= 0.3 is 6.18 Å². The highest BCUT2D eigenvalue weighted by atomic mass is 19.4. The highest BCUT2D eigenvalue weighted by molar-refractivity contribution is 5.43. The summed E-state index contributed by atoms with van der Waals surface area (Å²) in [6, 6.07) is 2.78. The average molecular weight is 304 g/mol. The van der Waals surface area contributed by atoms with Crippen LogP contribution >= 0.6 is 0 Å². The molecule has 1 aromatic carbocycles. The van der Waals surface area contributed by atoms with Crippen molar-refractivity contribution in [3.8, 4) is 0 Å². The second kappa shape index (κ2) is 6.43. The number of halogens is 3. The van der Waals surface area contributed by atoms with Crippen molar-refractivity contribution >= 4 is 5.69 Å². The summed E-state index contributed by atoms with van der Waals surface area (Å²) >= 11 is 0. The van der Waals surface area contributed by atoms with Crippen molar-refractivity contribution in [2.45, 2.75) is 38.9 Å². The number of nitrogens with one attached hydrogen (secondary N) is 1. The zero-order valence-electron chi connectivity index (χ0n) is 12.4. The summed E-state index contributed by atoms with van der Waals surface area (Å²) in [5.41, 5.74) is -1.40. The van der Waals surface area contributed by atoms with Crippen molar-refractivity contribution in [1.29, 1.82) is 0 Å². The van der Waals surface area contributed by atoms with Crippen molar-refractivity contribution < 1.29 is 18.1 Å². The molecule has 4 nitrogen and oxygen atoms in total. The lowest BCUT2D eigenvalue weighted by atomic mass is 9.80. The molecule has 2 unspecified atom stereocenters. The molecule has 0 radical (unpaired) electrons. The minimum absolute atomic E-state index is 0.0463. The first-order chi connectivity index (χ1) is 9.59. The lowest BCUT2D eigenvalue weighted by Crippen LogP contribution is -2.33. The molecule has 1 rings (SSSR count). The number of hydrogen-bond donors (Lipinski definition) is 1. The van der Waals surface area contributed by atoms with Crippen LogP contribution in [0.5, 0.6) is 0 Å². The summed E-state index contributed by atoms with van der Waals surface area (Å²) in [4.78, 5) is 9.90. The Morgan fingerprint density at radius 2 is 1.81 bits per heavy atom. The van der Waals surface area contributed by atoms with Crippen LogP contribution in [0.2, 0.25) is 0 Å². The Balaban J connectivity index is 3.49. The monoisotopic (exact) mass is 304 g/mol. The van der Waals surface area contributed by atoms with Gasteiger partial charge in [0, 0.05) is 24.1 Å². The van der Waals surface area contributed by atoms with E-state index < -0.39 is 28.3 Å². The molecule has 118 valence electrons. The van der Waals surface area contributed by atoms with Gasteiger partial charge in [-0.25, -0.2) is 0 Å². The summed E-state index contributed by atoms with van der Waals surface area (Å²) in [7, 11) is 1.68. The SMILES string of the molecule is CNC(C)C(c1ccc([N+](=O)[O-])cc1C(F)(F)F)C(C)C. The van der Waals surface area contributed by atoms with Crippen molar-refractivity contribution in [2.75, 3.05) is 7.05 Å². The van der Waals surface area contributed by atoms with Crippen LogP contribution in [0.4, 0.5) is 18.9 Å². The highest BCUT2D eigenvalue weighted by Crippen LogP contribution is 2.40. The van der Waals surface area contributed by atoms with Crippen LogP contribution in [-0.2, 0) is 6.18 Å². The summed E-state index contributed by atoms with van der Waals surface area (Å²) in [6.07, 6.45) is -4.62. The van der Waals surface area contributed by atoms with Gasteiger partial charge in [-0.15, -0.1) is 0 Å². The van der Waals surface area contributed by atoms with E-state index in [1.807, 2.05) is 13.8 Å². The predicted molar refractivity (Wildman–Crippen MR) is 74.2 cm³/mol. The van der Waals surface area contributed by atoms with Crippen LogP contribution < -0.4 is 5.32 Å². The zero-order chi connectivity index (χ0) is 16.4. The third-order valence-electron chi connectivity index (χ3n) is 3.62. The van der Waals surface area contributed by atoms with E-state index in [-0.39, 0.29) is 17.5 Å². The third-order valence-corrected chi connectivity index (χ3v) is 3.62. The molecule has 0 bridgehead atoms. The Kier molecular flexibility index (Phi) is 5.33. The van der Waals surface area contributed by atoms with Crippen molar-refractivity contribution in [2.24, 2.45) is 5.92 Å². The number of nitro groups is 1. The number of likely N-dealkylation sites (N-methyl/N-ethyl adjacent to an activating group) is 1. The van der Waals surface area contributed by atoms with E-state index in [9.17, 15) is 23.3 Å². The molecular weight excluding hydrogens is 285 g/mol. The van der Waals surface area contributed by atoms with E-state index in [1.165, 1.54) is 6.07 Å². The molecule has 0 aliphatic rings. The fourth-order valence-electron chi connectivity index (χ4n) is 2.58. The average Bonchev–Trinajstić information content (AvgIpc) is 2.37. The van der Waals surface area contributed by atoms with Gasteiger partial charge in [0.15, 0.2) is 0 Å². The van der Waals surface area contributed by atoms with Crippen LogP contribution in [-0.4, -0.2) is 18.0 Å². The molecule has 0 saturated heterocycles. The minimum atomic E-state index is -4.62. The summed E-state index contributed by atoms with van der Waals surface area (Å²) in [6.45, 7) is 5.46. The molecule has 0 saturated carbocycles. The second-order valence-electron chi connectivity index (χ2n) is 5.37. The number of hydrogen-bond acceptors (Lipinski definition) is 3. The molecule has 0 aliphatic heterocycles. The number of rotatable bonds is 5. The first-order valence-corrected chi connectivity index (χ1v) is 6.62. The second-order valence-corrected chi connectivity index (χ2v) is 5.37. The van der Waals surface area contributed by atoms with E-state index in [4.69, 9.17) is 0 Å². The number of non-ortho nitro benzene ring substituents is 1. The summed E-state index contributed by atoms with van der Waals surface area (Å²) in [5, 5.41) is 13.7. The lowest BCUT2D eigenvalue weighted by Gasteiger charge is -2.30. The van der Waals surface area contributed by atoms with Gasteiger partial charge in [-0.05, 0) is 25.5 Å². The van der Waals surface area contributed by atoms with Gasteiger partial charge in [0.1, 0.15) is 0 Å². The quantitative estimate of drug-likeness (QED) is 0.661. The van der Waals surface area contributed by atoms with Gasteiger partial charge in [-0.1, -0.05) is 19.9 Å². The summed E-state index contributed by atoms with van der Waals surface area (Å²) < 4.78 is 39.7. The maximum atomic E-state index is 13.2. The molecule has 2 atom stereocenters. The predicted octanol–water partition coefficient (Wildman–Crippen LogP) is 3.96. The zero-order valence-corrected chi connectivity index (χ0v) is 12.4. The van der Waals surface area contributed by atoms with Gasteiger partial charge in [0.2, 0.25) is 0 Å². The van der Waals surface area contributed by atoms with Crippen LogP contribution in [0.15, 0.2) is 18.2 Å². The topological polar surface area (TPSA) is 55.2 Å². The van der Waals surface area contributed by atoms with Crippen molar-refractivity contribution in [3.05, 3.63) is 39.4 Å². The molecular formula is C14H19F3N2O2.